The lowest BCUT2D eigenvalue weighted by molar-refractivity contribution is -0.137. The number of carboxylic acids is 1. The Labute approximate surface area is 121 Å². The molecule has 0 aromatic rings. The van der Waals surface area contributed by atoms with Crippen LogP contribution in [0.1, 0.15) is 52.4 Å². The van der Waals surface area contributed by atoms with Crippen LogP contribution in [0.2, 0.25) is 0 Å². The number of hydrogen-bond acceptors (Lipinski definition) is 2. The summed E-state index contributed by atoms with van der Waals surface area (Å²) >= 11 is 0. The van der Waals surface area contributed by atoms with E-state index in [1.807, 2.05) is 6.92 Å². The van der Waals surface area contributed by atoms with Crippen LogP contribution >= 0.6 is 0 Å². The van der Waals surface area contributed by atoms with Crippen LogP contribution in [0.3, 0.4) is 0 Å². The second kappa shape index (κ2) is 11.2. The highest BCUT2D eigenvalue weighted by atomic mass is 16.4. The Bertz CT molecular complexity index is 337. The molecule has 0 heterocycles. The zero-order chi connectivity index (χ0) is 15.4. The third kappa shape index (κ3) is 9.26. The van der Waals surface area contributed by atoms with Crippen LogP contribution in [0.4, 0.5) is 4.79 Å². The van der Waals surface area contributed by atoms with Crippen LogP contribution < -0.4 is 10.6 Å². The minimum Gasteiger partial charge on any atom is -0.481 e. The number of aliphatic carboxylic acids is 1. The lowest BCUT2D eigenvalue weighted by Gasteiger charge is -2.16. The van der Waals surface area contributed by atoms with Crippen LogP contribution in [0, 0.1) is 18.3 Å². The fraction of sp³-hybridized carbons (Fsp3) is 0.733. The normalized spacial score (nSPS) is 13.1. The summed E-state index contributed by atoms with van der Waals surface area (Å²) in [6, 6.07) is -0.503. The van der Waals surface area contributed by atoms with Crippen molar-refractivity contribution in [1.29, 1.82) is 0 Å². The Kier molecular flexibility index (Phi) is 10.2. The molecule has 0 radical (unpaired) electrons. The minimum absolute atomic E-state index is 0.186. The predicted molar refractivity (Wildman–Crippen MR) is 79.3 cm³/mol. The molecule has 2 unspecified atom stereocenters. The molecule has 20 heavy (non-hydrogen) atoms. The van der Waals surface area contributed by atoms with E-state index in [9.17, 15) is 9.59 Å². The summed E-state index contributed by atoms with van der Waals surface area (Å²) in [7, 11) is 0. The van der Waals surface area contributed by atoms with E-state index in [0.717, 1.165) is 19.3 Å². The van der Waals surface area contributed by atoms with Crippen LogP contribution in [0.5, 0.6) is 0 Å². The van der Waals surface area contributed by atoms with Gasteiger partial charge in [0.25, 0.3) is 0 Å². The maximum absolute atomic E-state index is 11.6. The number of hydrogen-bond donors (Lipinski definition) is 3. The molecule has 0 aliphatic rings. The van der Waals surface area contributed by atoms with Crippen molar-refractivity contribution in [2.45, 2.75) is 58.4 Å². The summed E-state index contributed by atoms with van der Waals surface area (Å²) in [6.07, 6.45) is 9.61. The molecule has 0 aromatic carbocycles. The van der Waals surface area contributed by atoms with Gasteiger partial charge in [0.15, 0.2) is 0 Å². The van der Waals surface area contributed by atoms with Crippen LogP contribution in [0.15, 0.2) is 0 Å². The van der Waals surface area contributed by atoms with Crippen LogP contribution in [0.25, 0.3) is 0 Å². The highest BCUT2D eigenvalue weighted by Gasteiger charge is 2.11. The summed E-state index contributed by atoms with van der Waals surface area (Å²) < 4.78 is 0. The average molecular weight is 282 g/mol. The van der Waals surface area contributed by atoms with E-state index >= 15 is 0 Å². The maximum atomic E-state index is 11.6. The Morgan fingerprint density at radius 2 is 1.95 bits per heavy atom. The molecule has 0 aliphatic heterocycles. The molecule has 2 amide bonds. The van der Waals surface area contributed by atoms with Crippen molar-refractivity contribution in [1.82, 2.24) is 10.6 Å². The number of urea groups is 1. The number of nitrogens with one attached hydrogen (secondary N) is 2. The molecule has 5 heteroatoms. The quantitative estimate of drug-likeness (QED) is 0.538. The van der Waals surface area contributed by atoms with Crippen LogP contribution in [-0.4, -0.2) is 29.7 Å². The topological polar surface area (TPSA) is 78.4 Å². The van der Waals surface area contributed by atoms with Crippen molar-refractivity contribution in [3.63, 3.8) is 0 Å². The van der Waals surface area contributed by atoms with Gasteiger partial charge in [-0.05, 0) is 25.2 Å². The van der Waals surface area contributed by atoms with Crippen molar-refractivity contribution in [3.05, 3.63) is 0 Å². The minimum atomic E-state index is -0.767. The number of rotatable bonds is 10. The molecular formula is C15H26N2O3. The molecule has 114 valence electrons. The van der Waals surface area contributed by atoms with Gasteiger partial charge in [-0.2, -0.15) is 0 Å². The van der Waals surface area contributed by atoms with E-state index in [1.165, 1.54) is 0 Å². The average Bonchev–Trinajstić information content (AvgIpc) is 2.42. The number of carboxylic acid groups (broad SMARTS) is 1. The summed E-state index contributed by atoms with van der Waals surface area (Å²) in [4.78, 5) is 22.1. The third-order valence-corrected chi connectivity index (χ3v) is 3.22. The molecule has 0 spiro atoms. The molecule has 0 bridgehead atoms. The lowest BCUT2D eigenvalue weighted by Crippen LogP contribution is -2.41. The van der Waals surface area contributed by atoms with Crippen molar-refractivity contribution in [2.24, 2.45) is 5.92 Å². The zero-order valence-corrected chi connectivity index (χ0v) is 12.4. The molecule has 0 aliphatic carbocycles. The van der Waals surface area contributed by atoms with Gasteiger partial charge in [0, 0.05) is 13.0 Å². The first-order valence-corrected chi connectivity index (χ1v) is 7.25. The van der Waals surface area contributed by atoms with E-state index in [4.69, 9.17) is 11.5 Å². The second-order valence-corrected chi connectivity index (χ2v) is 4.90. The number of terminal acetylenes is 1. The molecular weight excluding hydrogens is 256 g/mol. The van der Waals surface area contributed by atoms with Crippen molar-refractivity contribution >= 4 is 12.0 Å². The fourth-order valence-electron chi connectivity index (χ4n) is 2.03. The molecule has 0 rings (SSSR count). The molecule has 0 saturated heterocycles. The third-order valence-electron chi connectivity index (χ3n) is 3.22. The van der Waals surface area contributed by atoms with Gasteiger partial charge in [-0.25, -0.2) is 4.79 Å². The van der Waals surface area contributed by atoms with Gasteiger partial charge < -0.3 is 15.7 Å². The molecule has 0 saturated carbocycles. The van der Waals surface area contributed by atoms with Crippen molar-refractivity contribution < 1.29 is 14.7 Å². The standard InChI is InChI=1S/C15H26N2O3/c1-4-7-12(8-9-14(18)19)10-11-16-15(20)17-13(5-2)6-3/h2,12-13H,4,6-11H2,1,3H3,(H,18,19)(H2,16,17,20). The molecule has 3 N–H and O–H groups in total. The van der Waals surface area contributed by atoms with Gasteiger partial charge in [-0.1, -0.05) is 32.6 Å². The summed E-state index contributed by atoms with van der Waals surface area (Å²) in [5.41, 5.74) is 0. The molecule has 2 atom stereocenters. The fourth-order valence-corrected chi connectivity index (χ4v) is 2.03. The first kappa shape index (κ1) is 18.3. The van der Waals surface area contributed by atoms with Gasteiger partial charge in [-0.15, -0.1) is 6.42 Å². The van der Waals surface area contributed by atoms with Gasteiger partial charge in [0.1, 0.15) is 0 Å². The highest BCUT2D eigenvalue weighted by Crippen LogP contribution is 2.17. The largest absolute Gasteiger partial charge is 0.481 e. The van der Waals surface area contributed by atoms with Crippen LogP contribution in [-0.2, 0) is 4.79 Å². The van der Waals surface area contributed by atoms with Gasteiger partial charge >= 0.3 is 12.0 Å². The first-order chi connectivity index (χ1) is 9.53. The number of carbonyl (C=O) groups excluding carboxylic acids is 1. The molecule has 0 fully saturated rings. The Morgan fingerprint density at radius 3 is 2.45 bits per heavy atom. The Balaban J connectivity index is 3.95. The van der Waals surface area contributed by atoms with Crippen molar-refractivity contribution in [2.75, 3.05) is 6.54 Å². The number of carbonyl (C=O) groups is 2. The molecule has 5 nitrogen and oxygen atoms in total. The smallest absolute Gasteiger partial charge is 0.315 e. The summed E-state index contributed by atoms with van der Waals surface area (Å²) in [6.45, 7) is 4.53. The number of amides is 2. The first-order valence-electron chi connectivity index (χ1n) is 7.25. The van der Waals surface area contributed by atoms with Gasteiger partial charge in [-0.3, -0.25) is 4.79 Å². The SMILES string of the molecule is C#CC(CC)NC(=O)NCCC(CCC)CCC(=O)O. The summed E-state index contributed by atoms with van der Waals surface area (Å²) in [5.74, 6) is 2.07. The monoisotopic (exact) mass is 282 g/mol. The Hall–Kier alpha value is -1.70. The second-order valence-electron chi connectivity index (χ2n) is 4.90. The van der Waals surface area contributed by atoms with E-state index in [1.54, 1.807) is 0 Å². The van der Waals surface area contributed by atoms with E-state index in [2.05, 4.69) is 23.5 Å². The summed E-state index contributed by atoms with van der Waals surface area (Å²) in [5, 5.41) is 14.2. The van der Waals surface area contributed by atoms with Crippen molar-refractivity contribution in [3.8, 4) is 12.3 Å². The van der Waals surface area contributed by atoms with Gasteiger partial charge in [0.2, 0.25) is 0 Å². The highest BCUT2D eigenvalue weighted by molar-refractivity contribution is 5.74. The van der Waals surface area contributed by atoms with Gasteiger partial charge in [0.05, 0.1) is 6.04 Å². The lowest BCUT2D eigenvalue weighted by atomic mass is 9.94. The Morgan fingerprint density at radius 1 is 1.25 bits per heavy atom. The van der Waals surface area contributed by atoms with E-state index in [0.29, 0.717) is 25.3 Å². The van der Waals surface area contributed by atoms with E-state index < -0.39 is 5.97 Å². The predicted octanol–water partition coefficient (Wildman–Crippen LogP) is 2.37. The maximum Gasteiger partial charge on any atom is 0.315 e. The van der Waals surface area contributed by atoms with E-state index in [-0.39, 0.29) is 18.5 Å². The zero-order valence-electron chi connectivity index (χ0n) is 12.4. The molecule has 0 aromatic heterocycles.